The van der Waals surface area contributed by atoms with Gasteiger partial charge >= 0.3 is 5.97 Å². The second-order valence-electron chi connectivity index (χ2n) is 8.84. The number of nitrogens with zero attached hydrogens (tertiary/aromatic N) is 2. The van der Waals surface area contributed by atoms with Crippen LogP contribution in [0.3, 0.4) is 0 Å². The molecule has 0 saturated heterocycles. The van der Waals surface area contributed by atoms with E-state index >= 15 is 0 Å². The van der Waals surface area contributed by atoms with Crippen molar-refractivity contribution in [2.75, 3.05) is 6.61 Å². The number of carboxylic acids is 1. The van der Waals surface area contributed by atoms with Crippen LogP contribution in [0.5, 0.6) is 5.75 Å². The lowest BCUT2D eigenvalue weighted by molar-refractivity contribution is 0.0696. The van der Waals surface area contributed by atoms with E-state index in [0.717, 1.165) is 39.5 Å². The number of rotatable bonds is 8. The fourth-order valence-corrected chi connectivity index (χ4v) is 4.60. The Morgan fingerprint density at radius 3 is 2.16 bits per heavy atom. The van der Waals surface area contributed by atoms with Crippen LogP contribution in [0.1, 0.15) is 28.4 Å². The van der Waals surface area contributed by atoms with E-state index in [0.29, 0.717) is 17.9 Å². The third kappa shape index (κ3) is 5.00. The average molecular weight is 501 g/mol. The van der Waals surface area contributed by atoms with Crippen LogP contribution >= 0.6 is 0 Å². The molecule has 0 aliphatic carbocycles. The molecule has 0 atom stereocenters. The summed E-state index contributed by atoms with van der Waals surface area (Å²) in [7, 11) is 0. The summed E-state index contributed by atoms with van der Waals surface area (Å²) in [5.74, 6) is -0.140. The summed E-state index contributed by atoms with van der Waals surface area (Å²) in [6, 6.07) is 35.8. The van der Waals surface area contributed by atoms with E-state index in [9.17, 15) is 9.90 Å². The van der Waals surface area contributed by atoms with E-state index in [1.807, 2.05) is 67.7 Å². The van der Waals surface area contributed by atoms with Crippen molar-refractivity contribution in [1.29, 1.82) is 0 Å². The van der Waals surface area contributed by atoms with Crippen molar-refractivity contribution in [3.8, 4) is 34.0 Å². The number of aromatic carboxylic acids is 1. The maximum absolute atomic E-state index is 11.6. The zero-order valence-corrected chi connectivity index (χ0v) is 21.3. The number of hydrogen-bond donors (Lipinski definition) is 1. The Labute approximate surface area is 222 Å². The van der Waals surface area contributed by atoms with E-state index in [2.05, 4.69) is 47.0 Å². The lowest BCUT2D eigenvalue weighted by Gasteiger charge is -2.15. The topological polar surface area (TPSA) is 63.8 Å². The normalized spacial score (nSPS) is 11.1. The zero-order chi connectivity index (χ0) is 26.5. The molecule has 0 aliphatic rings. The fraction of sp³-hybridized carbons (Fsp3) is 0.0909. The van der Waals surface area contributed by atoms with Crippen LogP contribution in [0, 0.1) is 6.92 Å². The van der Waals surface area contributed by atoms with Gasteiger partial charge in [0.05, 0.1) is 29.2 Å². The number of carbonyl (C=O) groups is 1. The van der Waals surface area contributed by atoms with Crippen LogP contribution in [0.15, 0.2) is 114 Å². The van der Waals surface area contributed by atoms with Crippen molar-refractivity contribution in [2.45, 2.75) is 13.8 Å². The molecule has 5 nitrogen and oxygen atoms in total. The first kappa shape index (κ1) is 24.8. The summed E-state index contributed by atoms with van der Waals surface area (Å²) < 4.78 is 7.92. The summed E-state index contributed by atoms with van der Waals surface area (Å²) in [6.45, 7) is 4.37. The molecule has 0 radical (unpaired) electrons. The minimum atomic E-state index is -0.961. The second kappa shape index (κ2) is 11.0. The minimum absolute atomic E-state index is 0.250. The van der Waals surface area contributed by atoms with E-state index in [4.69, 9.17) is 9.73 Å². The van der Waals surface area contributed by atoms with Gasteiger partial charge in [0.25, 0.3) is 0 Å². The standard InChI is InChI=1S/C33H28N2O3/c1-3-38-28-19-17-27(18-20-28)35-31(24-11-6-4-7-12-24)21-26(32(35)25-13-8-5-9-14-25)22-34-30-16-10-15-29(23(30)2)33(36)37/h4-22H,3H2,1-2H3,(H,36,37). The van der Waals surface area contributed by atoms with Gasteiger partial charge in [-0.15, -0.1) is 0 Å². The van der Waals surface area contributed by atoms with E-state index in [1.54, 1.807) is 19.1 Å². The zero-order valence-electron chi connectivity index (χ0n) is 21.3. The van der Waals surface area contributed by atoms with Crippen molar-refractivity contribution in [2.24, 2.45) is 4.99 Å². The van der Waals surface area contributed by atoms with Crippen LogP contribution in [-0.4, -0.2) is 28.5 Å². The van der Waals surface area contributed by atoms with Crippen molar-refractivity contribution in [1.82, 2.24) is 4.57 Å². The third-order valence-electron chi connectivity index (χ3n) is 6.43. The monoisotopic (exact) mass is 500 g/mol. The number of benzene rings is 4. The van der Waals surface area contributed by atoms with E-state index < -0.39 is 5.97 Å². The first-order valence-corrected chi connectivity index (χ1v) is 12.5. The molecule has 0 saturated carbocycles. The summed E-state index contributed by atoms with van der Waals surface area (Å²) in [5, 5.41) is 9.55. The Morgan fingerprint density at radius 1 is 0.868 bits per heavy atom. The predicted octanol–water partition coefficient (Wildman–Crippen LogP) is 7.97. The van der Waals surface area contributed by atoms with Crippen LogP contribution in [0.2, 0.25) is 0 Å². The Hall–Kier alpha value is -4.90. The molecule has 5 aromatic rings. The molecule has 1 N–H and O–H groups in total. The Balaban J connectivity index is 1.74. The number of aromatic nitrogens is 1. The molecular weight excluding hydrogens is 472 g/mol. The molecule has 0 unspecified atom stereocenters. The lowest BCUT2D eigenvalue weighted by atomic mass is 10.1. The van der Waals surface area contributed by atoms with Crippen molar-refractivity contribution < 1.29 is 14.6 Å². The molecule has 0 bridgehead atoms. The second-order valence-corrected chi connectivity index (χ2v) is 8.84. The SMILES string of the molecule is CCOc1ccc(-n2c(-c3ccccc3)cc(C=Nc3cccc(C(=O)O)c3C)c2-c2ccccc2)cc1. The highest BCUT2D eigenvalue weighted by molar-refractivity contribution is 5.96. The highest BCUT2D eigenvalue weighted by Gasteiger charge is 2.19. The summed E-state index contributed by atoms with van der Waals surface area (Å²) in [4.78, 5) is 16.4. The van der Waals surface area contributed by atoms with Crippen LogP contribution in [-0.2, 0) is 0 Å². The van der Waals surface area contributed by atoms with Gasteiger partial charge in [0, 0.05) is 17.5 Å². The molecule has 0 spiro atoms. The van der Waals surface area contributed by atoms with Crippen molar-refractivity contribution in [3.63, 3.8) is 0 Å². The minimum Gasteiger partial charge on any atom is -0.494 e. The van der Waals surface area contributed by atoms with E-state index in [1.165, 1.54) is 0 Å². The highest BCUT2D eigenvalue weighted by Crippen LogP contribution is 2.36. The Morgan fingerprint density at radius 2 is 1.53 bits per heavy atom. The maximum Gasteiger partial charge on any atom is 0.336 e. The van der Waals surface area contributed by atoms with Gasteiger partial charge in [-0.1, -0.05) is 66.7 Å². The van der Waals surface area contributed by atoms with Gasteiger partial charge in [0.2, 0.25) is 0 Å². The predicted molar refractivity (Wildman–Crippen MR) is 153 cm³/mol. The highest BCUT2D eigenvalue weighted by atomic mass is 16.5. The fourth-order valence-electron chi connectivity index (χ4n) is 4.60. The molecule has 0 amide bonds. The van der Waals surface area contributed by atoms with Crippen molar-refractivity contribution in [3.05, 3.63) is 126 Å². The van der Waals surface area contributed by atoms with Gasteiger partial charge in [-0.25, -0.2) is 4.79 Å². The number of ether oxygens (including phenoxy) is 1. The van der Waals surface area contributed by atoms with Crippen LogP contribution < -0.4 is 4.74 Å². The Kier molecular flexibility index (Phi) is 7.18. The van der Waals surface area contributed by atoms with Gasteiger partial charge < -0.3 is 14.4 Å². The van der Waals surface area contributed by atoms with Gasteiger partial charge in [-0.3, -0.25) is 4.99 Å². The van der Waals surface area contributed by atoms with Gasteiger partial charge in [0.1, 0.15) is 5.75 Å². The molecule has 0 aliphatic heterocycles. The molecule has 4 aromatic carbocycles. The maximum atomic E-state index is 11.6. The summed E-state index contributed by atoms with van der Waals surface area (Å²) in [6.07, 6.45) is 1.83. The number of hydrogen-bond acceptors (Lipinski definition) is 3. The van der Waals surface area contributed by atoms with Crippen molar-refractivity contribution >= 4 is 17.9 Å². The average Bonchev–Trinajstić information content (AvgIpc) is 3.33. The first-order chi connectivity index (χ1) is 18.6. The molecule has 5 rings (SSSR count). The van der Waals surface area contributed by atoms with Gasteiger partial charge in [0.15, 0.2) is 0 Å². The van der Waals surface area contributed by atoms with Crippen LogP contribution in [0.25, 0.3) is 28.2 Å². The molecule has 0 fully saturated rings. The molecule has 1 heterocycles. The first-order valence-electron chi connectivity index (χ1n) is 12.5. The molecule has 38 heavy (non-hydrogen) atoms. The molecule has 1 aromatic heterocycles. The van der Waals surface area contributed by atoms with Crippen LogP contribution in [0.4, 0.5) is 5.69 Å². The largest absolute Gasteiger partial charge is 0.494 e. The quantitative estimate of drug-likeness (QED) is 0.220. The van der Waals surface area contributed by atoms with Gasteiger partial charge in [-0.2, -0.15) is 0 Å². The molecular formula is C33H28N2O3. The summed E-state index contributed by atoms with van der Waals surface area (Å²) in [5.41, 5.74) is 7.54. The molecule has 5 heteroatoms. The Bertz CT molecular complexity index is 1590. The third-order valence-corrected chi connectivity index (χ3v) is 6.43. The van der Waals surface area contributed by atoms with E-state index in [-0.39, 0.29) is 5.56 Å². The molecule has 188 valence electrons. The smallest absolute Gasteiger partial charge is 0.336 e. The number of carboxylic acid groups (broad SMARTS) is 1. The lowest BCUT2D eigenvalue weighted by Crippen LogP contribution is -2.01. The number of aliphatic imine (C=N–C) groups is 1. The van der Waals surface area contributed by atoms with Gasteiger partial charge in [-0.05, 0) is 73.0 Å². The summed E-state index contributed by atoms with van der Waals surface area (Å²) >= 11 is 0.